The summed E-state index contributed by atoms with van der Waals surface area (Å²) in [6.07, 6.45) is 0. The van der Waals surface area contributed by atoms with Gasteiger partial charge >= 0.3 is 0 Å². The number of carbonyl (C=O) groups is 1. The summed E-state index contributed by atoms with van der Waals surface area (Å²) in [6.45, 7) is 6.95. The SMILES string of the molecule is CCN(CC)C(=O)c1cccc(C)c1O. The molecule has 0 bridgehead atoms. The molecule has 0 aliphatic heterocycles. The highest BCUT2D eigenvalue weighted by Gasteiger charge is 2.16. The molecule has 0 heterocycles. The van der Waals surface area contributed by atoms with Gasteiger partial charge in [0.25, 0.3) is 5.91 Å². The molecule has 82 valence electrons. The molecule has 0 aromatic heterocycles. The first kappa shape index (κ1) is 11.6. The Balaban J connectivity index is 3.05. The molecular weight excluding hydrogens is 190 g/mol. The van der Waals surface area contributed by atoms with Gasteiger partial charge in [-0.3, -0.25) is 4.79 Å². The highest BCUT2D eigenvalue weighted by molar-refractivity contribution is 5.97. The van der Waals surface area contributed by atoms with Crippen LogP contribution in [0.2, 0.25) is 0 Å². The molecule has 3 heteroatoms. The monoisotopic (exact) mass is 207 g/mol. The molecule has 15 heavy (non-hydrogen) atoms. The molecule has 1 aromatic rings. The number of carbonyl (C=O) groups excluding carboxylic acids is 1. The van der Waals surface area contributed by atoms with Crippen molar-refractivity contribution in [2.75, 3.05) is 13.1 Å². The quantitative estimate of drug-likeness (QED) is 0.825. The van der Waals surface area contributed by atoms with Gasteiger partial charge in [0.05, 0.1) is 5.56 Å². The van der Waals surface area contributed by atoms with Crippen LogP contribution in [0, 0.1) is 6.92 Å². The maximum atomic E-state index is 11.9. The van der Waals surface area contributed by atoms with E-state index in [0.29, 0.717) is 18.7 Å². The highest BCUT2D eigenvalue weighted by Crippen LogP contribution is 2.22. The average Bonchev–Trinajstić information content (AvgIpc) is 2.23. The van der Waals surface area contributed by atoms with Crippen LogP contribution in [-0.4, -0.2) is 29.0 Å². The van der Waals surface area contributed by atoms with Crippen molar-refractivity contribution in [1.29, 1.82) is 0 Å². The third kappa shape index (κ3) is 2.29. The molecule has 3 nitrogen and oxygen atoms in total. The van der Waals surface area contributed by atoms with E-state index in [-0.39, 0.29) is 11.7 Å². The number of hydrogen-bond acceptors (Lipinski definition) is 2. The molecule has 0 spiro atoms. The number of rotatable bonds is 3. The van der Waals surface area contributed by atoms with E-state index >= 15 is 0 Å². The van der Waals surface area contributed by atoms with Gasteiger partial charge in [-0.2, -0.15) is 0 Å². The molecule has 1 rings (SSSR count). The van der Waals surface area contributed by atoms with Gasteiger partial charge in [0, 0.05) is 13.1 Å². The minimum absolute atomic E-state index is 0.0920. The van der Waals surface area contributed by atoms with Crippen molar-refractivity contribution >= 4 is 5.91 Å². The zero-order valence-electron chi connectivity index (χ0n) is 9.45. The molecule has 0 aliphatic rings. The van der Waals surface area contributed by atoms with Crippen LogP contribution in [0.5, 0.6) is 5.75 Å². The molecule has 0 saturated heterocycles. The average molecular weight is 207 g/mol. The molecule has 0 aliphatic carbocycles. The van der Waals surface area contributed by atoms with Crippen LogP contribution in [0.4, 0.5) is 0 Å². The van der Waals surface area contributed by atoms with Crippen LogP contribution in [0.3, 0.4) is 0 Å². The lowest BCUT2D eigenvalue weighted by molar-refractivity contribution is 0.0770. The first-order chi connectivity index (χ1) is 7.11. The number of aryl methyl sites for hydroxylation is 1. The van der Waals surface area contributed by atoms with Crippen molar-refractivity contribution in [1.82, 2.24) is 4.90 Å². The number of benzene rings is 1. The molecule has 0 saturated carbocycles. The van der Waals surface area contributed by atoms with Gasteiger partial charge in [-0.25, -0.2) is 0 Å². The first-order valence-electron chi connectivity index (χ1n) is 5.19. The van der Waals surface area contributed by atoms with Crippen LogP contribution in [-0.2, 0) is 0 Å². The highest BCUT2D eigenvalue weighted by atomic mass is 16.3. The topological polar surface area (TPSA) is 40.5 Å². The van der Waals surface area contributed by atoms with Gasteiger partial charge in [0.15, 0.2) is 0 Å². The normalized spacial score (nSPS) is 10.1. The molecule has 0 unspecified atom stereocenters. The summed E-state index contributed by atoms with van der Waals surface area (Å²) in [4.78, 5) is 13.6. The van der Waals surface area contributed by atoms with Crippen LogP contribution in [0.15, 0.2) is 18.2 Å². The van der Waals surface area contributed by atoms with Crippen molar-refractivity contribution < 1.29 is 9.90 Å². The summed E-state index contributed by atoms with van der Waals surface area (Å²) in [5.74, 6) is -0.0180. The Morgan fingerprint density at radius 1 is 1.33 bits per heavy atom. The summed E-state index contributed by atoms with van der Waals surface area (Å²) in [7, 11) is 0. The zero-order chi connectivity index (χ0) is 11.4. The Kier molecular flexibility index (Phi) is 3.72. The van der Waals surface area contributed by atoms with Crippen LogP contribution < -0.4 is 0 Å². The van der Waals surface area contributed by atoms with Crippen molar-refractivity contribution in [3.63, 3.8) is 0 Å². The molecule has 1 amide bonds. The van der Waals surface area contributed by atoms with Crippen molar-refractivity contribution in [3.05, 3.63) is 29.3 Å². The smallest absolute Gasteiger partial charge is 0.257 e. The van der Waals surface area contributed by atoms with E-state index in [1.54, 1.807) is 30.0 Å². The van der Waals surface area contributed by atoms with Gasteiger partial charge in [0.1, 0.15) is 5.75 Å². The van der Waals surface area contributed by atoms with Crippen LogP contribution in [0.1, 0.15) is 29.8 Å². The summed E-state index contributed by atoms with van der Waals surface area (Å²) in [6, 6.07) is 5.23. The molecule has 0 fully saturated rings. The lowest BCUT2D eigenvalue weighted by Gasteiger charge is -2.19. The number of nitrogens with zero attached hydrogens (tertiary/aromatic N) is 1. The Morgan fingerprint density at radius 2 is 1.93 bits per heavy atom. The first-order valence-corrected chi connectivity index (χ1v) is 5.19. The number of phenols is 1. The molecule has 0 radical (unpaired) electrons. The van der Waals surface area contributed by atoms with Crippen molar-refractivity contribution in [2.45, 2.75) is 20.8 Å². The molecule has 1 N–H and O–H groups in total. The maximum absolute atomic E-state index is 11.9. The number of para-hydroxylation sites is 1. The van der Waals surface area contributed by atoms with Gasteiger partial charge in [0.2, 0.25) is 0 Å². The fourth-order valence-electron chi connectivity index (χ4n) is 1.51. The summed E-state index contributed by atoms with van der Waals surface area (Å²) >= 11 is 0. The standard InChI is InChI=1S/C12H17NO2/c1-4-13(5-2)12(15)10-8-6-7-9(3)11(10)14/h6-8,14H,4-5H2,1-3H3. The van der Waals surface area contributed by atoms with E-state index in [9.17, 15) is 9.90 Å². The van der Waals surface area contributed by atoms with Gasteiger partial charge in [-0.05, 0) is 32.4 Å². The number of hydrogen-bond donors (Lipinski definition) is 1. The largest absolute Gasteiger partial charge is 0.507 e. The predicted octanol–water partition coefficient (Wildman–Crippen LogP) is 2.18. The summed E-state index contributed by atoms with van der Waals surface area (Å²) in [5, 5.41) is 9.76. The van der Waals surface area contributed by atoms with Gasteiger partial charge in [-0.15, -0.1) is 0 Å². The number of aromatic hydroxyl groups is 1. The Labute approximate surface area is 90.3 Å². The van der Waals surface area contributed by atoms with Crippen LogP contribution in [0.25, 0.3) is 0 Å². The summed E-state index contributed by atoms with van der Waals surface area (Å²) in [5.41, 5.74) is 1.12. The predicted molar refractivity (Wildman–Crippen MR) is 60.1 cm³/mol. The second kappa shape index (κ2) is 4.82. The molecular formula is C12H17NO2. The Morgan fingerprint density at radius 3 is 2.47 bits per heavy atom. The Bertz CT molecular complexity index is 357. The summed E-state index contributed by atoms with van der Waals surface area (Å²) < 4.78 is 0. The second-order valence-corrected chi connectivity index (χ2v) is 3.45. The van der Waals surface area contributed by atoms with Gasteiger partial charge in [-0.1, -0.05) is 12.1 Å². The maximum Gasteiger partial charge on any atom is 0.257 e. The third-order valence-corrected chi connectivity index (χ3v) is 2.52. The fourth-order valence-corrected chi connectivity index (χ4v) is 1.51. The lowest BCUT2D eigenvalue weighted by atomic mass is 10.1. The van der Waals surface area contributed by atoms with E-state index in [1.165, 1.54) is 0 Å². The van der Waals surface area contributed by atoms with E-state index in [1.807, 2.05) is 13.8 Å². The van der Waals surface area contributed by atoms with E-state index < -0.39 is 0 Å². The zero-order valence-corrected chi connectivity index (χ0v) is 9.45. The minimum atomic E-state index is -0.110. The van der Waals surface area contributed by atoms with E-state index in [0.717, 1.165) is 5.56 Å². The number of amides is 1. The molecule has 0 atom stereocenters. The van der Waals surface area contributed by atoms with Crippen molar-refractivity contribution in [3.8, 4) is 5.75 Å². The Hall–Kier alpha value is -1.51. The molecule has 1 aromatic carbocycles. The second-order valence-electron chi connectivity index (χ2n) is 3.45. The lowest BCUT2D eigenvalue weighted by Crippen LogP contribution is -2.30. The minimum Gasteiger partial charge on any atom is -0.507 e. The van der Waals surface area contributed by atoms with Gasteiger partial charge < -0.3 is 10.0 Å². The number of phenolic OH excluding ortho intramolecular Hbond substituents is 1. The van der Waals surface area contributed by atoms with Crippen molar-refractivity contribution in [2.24, 2.45) is 0 Å². The van der Waals surface area contributed by atoms with Crippen LogP contribution >= 0.6 is 0 Å². The third-order valence-electron chi connectivity index (χ3n) is 2.52. The van der Waals surface area contributed by atoms with E-state index in [2.05, 4.69) is 0 Å². The fraction of sp³-hybridized carbons (Fsp3) is 0.417. The van der Waals surface area contributed by atoms with E-state index in [4.69, 9.17) is 0 Å².